The van der Waals surface area contributed by atoms with Crippen LogP contribution in [0.4, 0.5) is 10.1 Å². The highest BCUT2D eigenvalue weighted by Crippen LogP contribution is 2.36. The fraction of sp³-hybridized carbons (Fsp3) is 0.500. The molecule has 0 saturated carbocycles. The van der Waals surface area contributed by atoms with Gasteiger partial charge in [0.2, 0.25) is 10.0 Å². The second-order valence-electron chi connectivity index (χ2n) is 4.85. The van der Waals surface area contributed by atoms with Crippen LogP contribution in [0.2, 0.25) is 5.02 Å². The molecule has 0 bridgehead atoms. The number of sulfonamides is 1. The lowest BCUT2D eigenvalue weighted by atomic mass is 10.1. The summed E-state index contributed by atoms with van der Waals surface area (Å²) in [4.78, 5) is -0.562. The minimum Gasteiger partial charge on any atom is -0.395 e. The van der Waals surface area contributed by atoms with Gasteiger partial charge in [-0.1, -0.05) is 18.0 Å². The first-order valence-corrected chi connectivity index (χ1v) is 8.97. The molecule has 1 aromatic carbocycles. The lowest BCUT2D eigenvalue weighted by molar-refractivity contribution is 0.155. The van der Waals surface area contributed by atoms with Crippen molar-refractivity contribution < 1.29 is 17.9 Å². The Kier molecular flexibility index (Phi) is 5.15. The number of nitrogens with two attached hydrogens (primary N) is 1. The normalized spacial score (nSPS) is 20.7. The zero-order valence-electron chi connectivity index (χ0n) is 11.0. The van der Waals surface area contributed by atoms with Crippen molar-refractivity contribution in [1.29, 1.82) is 0 Å². The van der Waals surface area contributed by atoms with Gasteiger partial charge in [0.25, 0.3) is 0 Å². The van der Waals surface area contributed by atoms with Crippen LogP contribution >= 0.6 is 27.5 Å². The molecular formula is C12H15BrClFN2O3S. The van der Waals surface area contributed by atoms with E-state index in [9.17, 15) is 17.9 Å². The van der Waals surface area contributed by atoms with Crippen LogP contribution in [0.25, 0.3) is 0 Å². The molecule has 5 nitrogen and oxygen atoms in total. The van der Waals surface area contributed by atoms with Gasteiger partial charge in [0.1, 0.15) is 4.90 Å². The number of anilines is 1. The number of benzene rings is 1. The molecule has 9 heteroatoms. The summed E-state index contributed by atoms with van der Waals surface area (Å²) in [6.07, 6.45) is 2.02. The molecule has 1 aliphatic rings. The lowest BCUT2D eigenvalue weighted by Gasteiger charge is -2.33. The second-order valence-corrected chi connectivity index (χ2v) is 7.91. The predicted octanol–water partition coefficient (Wildman–Crippen LogP) is 2.36. The zero-order chi connectivity index (χ0) is 15.8. The van der Waals surface area contributed by atoms with Crippen molar-refractivity contribution in [3.63, 3.8) is 0 Å². The van der Waals surface area contributed by atoms with Crippen LogP contribution in [0.1, 0.15) is 19.3 Å². The van der Waals surface area contributed by atoms with Crippen LogP contribution in [0.5, 0.6) is 0 Å². The van der Waals surface area contributed by atoms with Gasteiger partial charge in [0, 0.05) is 12.6 Å². The highest BCUT2D eigenvalue weighted by atomic mass is 79.9. The standard InChI is InChI=1S/C12H15BrClFN2O3S/c13-10-8(14)5-9(11(15)12(10)16)21(19,20)17-4-2-1-3-7(17)6-18/h5,7,18H,1-4,6,16H2. The Hall–Kier alpha value is -0.410. The maximum absolute atomic E-state index is 14.2. The SMILES string of the molecule is Nc1c(F)c(S(=O)(=O)N2CCCCC2CO)cc(Cl)c1Br. The van der Waals surface area contributed by atoms with E-state index in [1.165, 1.54) is 0 Å². The fourth-order valence-electron chi connectivity index (χ4n) is 2.39. The molecule has 1 aromatic rings. The van der Waals surface area contributed by atoms with Gasteiger partial charge in [-0.3, -0.25) is 0 Å². The third-order valence-electron chi connectivity index (χ3n) is 3.53. The Bertz CT molecular complexity index is 656. The van der Waals surface area contributed by atoms with Crippen LogP contribution in [0, 0.1) is 5.82 Å². The van der Waals surface area contributed by atoms with Crippen molar-refractivity contribution in [2.75, 3.05) is 18.9 Å². The summed E-state index contributed by atoms with van der Waals surface area (Å²) >= 11 is 8.89. The van der Waals surface area contributed by atoms with Crippen LogP contribution in [0.3, 0.4) is 0 Å². The van der Waals surface area contributed by atoms with Gasteiger partial charge in [-0.25, -0.2) is 12.8 Å². The molecule has 1 unspecified atom stereocenters. The molecule has 2 rings (SSSR count). The Balaban J connectivity index is 2.54. The molecule has 3 N–H and O–H groups in total. The van der Waals surface area contributed by atoms with Gasteiger partial charge in [0.05, 0.1) is 21.8 Å². The van der Waals surface area contributed by atoms with E-state index < -0.39 is 26.8 Å². The molecule has 118 valence electrons. The first kappa shape index (κ1) is 17.0. The van der Waals surface area contributed by atoms with Gasteiger partial charge in [-0.2, -0.15) is 4.31 Å². The molecule has 0 aromatic heterocycles. The van der Waals surface area contributed by atoms with Gasteiger partial charge >= 0.3 is 0 Å². The molecule has 1 saturated heterocycles. The Labute approximate surface area is 136 Å². The zero-order valence-corrected chi connectivity index (χ0v) is 14.2. The van der Waals surface area contributed by atoms with Crippen molar-refractivity contribution in [3.05, 3.63) is 21.4 Å². The first-order valence-electron chi connectivity index (χ1n) is 6.36. The fourth-order valence-corrected chi connectivity index (χ4v) is 4.74. The molecule has 0 radical (unpaired) electrons. The number of piperidine rings is 1. The number of rotatable bonds is 3. The number of aliphatic hydroxyl groups is 1. The molecule has 1 aliphatic heterocycles. The molecule has 1 heterocycles. The number of halogens is 3. The summed E-state index contributed by atoms with van der Waals surface area (Å²) in [5.41, 5.74) is 5.19. The number of nitrogens with zero attached hydrogens (tertiary/aromatic N) is 1. The van der Waals surface area contributed by atoms with Crippen molar-refractivity contribution in [1.82, 2.24) is 4.31 Å². The van der Waals surface area contributed by atoms with Gasteiger partial charge in [-0.05, 0) is 34.8 Å². The Morgan fingerprint density at radius 1 is 1.52 bits per heavy atom. The largest absolute Gasteiger partial charge is 0.395 e. The second kappa shape index (κ2) is 6.37. The van der Waals surface area contributed by atoms with Gasteiger partial charge < -0.3 is 10.8 Å². The van der Waals surface area contributed by atoms with E-state index in [1.807, 2.05) is 0 Å². The Morgan fingerprint density at radius 2 is 2.19 bits per heavy atom. The summed E-state index contributed by atoms with van der Waals surface area (Å²) in [6.45, 7) is -0.0683. The summed E-state index contributed by atoms with van der Waals surface area (Å²) in [5, 5.41) is 9.35. The highest BCUT2D eigenvalue weighted by Gasteiger charge is 2.36. The molecular weight excluding hydrogens is 387 g/mol. The molecule has 0 spiro atoms. The van der Waals surface area contributed by atoms with E-state index in [1.54, 1.807) is 0 Å². The summed E-state index contributed by atoms with van der Waals surface area (Å²) in [7, 11) is -4.10. The van der Waals surface area contributed by atoms with Crippen LogP contribution in [0.15, 0.2) is 15.4 Å². The van der Waals surface area contributed by atoms with Crippen molar-refractivity contribution in [2.24, 2.45) is 0 Å². The molecule has 0 aliphatic carbocycles. The Morgan fingerprint density at radius 3 is 2.81 bits per heavy atom. The van der Waals surface area contributed by atoms with E-state index in [-0.39, 0.29) is 28.3 Å². The molecule has 0 amide bonds. The predicted molar refractivity (Wildman–Crippen MR) is 82.1 cm³/mol. The minimum atomic E-state index is -4.10. The number of aliphatic hydroxyl groups excluding tert-OH is 1. The maximum atomic E-state index is 14.2. The smallest absolute Gasteiger partial charge is 0.246 e. The number of hydrogen-bond acceptors (Lipinski definition) is 4. The molecule has 1 atom stereocenters. The van der Waals surface area contributed by atoms with Crippen LogP contribution < -0.4 is 5.73 Å². The van der Waals surface area contributed by atoms with Gasteiger partial charge in [0.15, 0.2) is 5.82 Å². The quantitative estimate of drug-likeness (QED) is 0.601. The number of nitrogen functional groups attached to an aromatic ring is 1. The topological polar surface area (TPSA) is 83.6 Å². The minimum absolute atomic E-state index is 0.0185. The average Bonchev–Trinajstić information content (AvgIpc) is 2.48. The van der Waals surface area contributed by atoms with E-state index >= 15 is 0 Å². The van der Waals surface area contributed by atoms with Crippen molar-refractivity contribution >= 4 is 43.2 Å². The third kappa shape index (κ3) is 3.05. The molecule has 21 heavy (non-hydrogen) atoms. The van der Waals surface area contributed by atoms with E-state index in [4.69, 9.17) is 17.3 Å². The molecule has 1 fully saturated rings. The summed E-state index contributed by atoms with van der Waals surface area (Å²) < 4.78 is 40.8. The summed E-state index contributed by atoms with van der Waals surface area (Å²) in [5.74, 6) is -1.03. The van der Waals surface area contributed by atoms with Crippen molar-refractivity contribution in [2.45, 2.75) is 30.2 Å². The monoisotopic (exact) mass is 400 g/mol. The first-order chi connectivity index (χ1) is 9.80. The van der Waals surface area contributed by atoms with E-state index in [0.717, 1.165) is 16.8 Å². The van der Waals surface area contributed by atoms with Gasteiger partial charge in [-0.15, -0.1) is 0 Å². The van der Waals surface area contributed by atoms with Crippen molar-refractivity contribution in [3.8, 4) is 0 Å². The lowest BCUT2D eigenvalue weighted by Crippen LogP contribution is -2.45. The summed E-state index contributed by atoms with van der Waals surface area (Å²) in [6, 6.07) is 0.488. The number of hydrogen-bond donors (Lipinski definition) is 2. The maximum Gasteiger partial charge on any atom is 0.246 e. The third-order valence-corrected chi connectivity index (χ3v) is 6.86. The van der Waals surface area contributed by atoms with E-state index in [2.05, 4.69) is 15.9 Å². The van der Waals surface area contributed by atoms with Crippen LogP contribution in [-0.2, 0) is 10.0 Å². The van der Waals surface area contributed by atoms with Crippen LogP contribution in [-0.4, -0.2) is 37.0 Å². The van der Waals surface area contributed by atoms with E-state index in [0.29, 0.717) is 12.8 Å². The average molecular weight is 402 g/mol. The highest BCUT2D eigenvalue weighted by molar-refractivity contribution is 9.10.